The van der Waals surface area contributed by atoms with Gasteiger partial charge in [-0.2, -0.15) is 0 Å². The molecule has 3 nitrogen and oxygen atoms in total. The normalized spacial score (nSPS) is 11.8. The van der Waals surface area contributed by atoms with E-state index in [0.29, 0.717) is 6.54 Å². The molecule has 0 bridgehead atoms. The van der Waals surface area contributed by atoms with E-state index in [0.717, 1.165) is 6.42 Å². The summed E-state index contributed by atoms with van der Waals surface area (Å²) in [4.78, 5) is 11.9. The van der Waals surface area contributed by atoms with Gasteiger partial charge in [0.15, 0.2) is 0 Å². The highest BCUT2D eigenvalue weighted by molar-refractivity contribution is 5.85. The minimum Gasteiger partial charge on any atom is -0.355 e. The molecule has 1 N–H and O–H groups in total. The molecular weight excluding hydrogens is 248 g/mol. The zero-order valence-electron chi connectivity index (χ0n) is 13.1. The summed E-state index contributed by atoms with van der Waals surface area (Å²) >= 11 is 0. The van der Waals surface area contributed by atoms with E-state index in [1.165, 1.54) is 22.2 Å². The fourth-order valence-electron chi connectivity index (χ4n) is 2.48. The number of benzene rings is 1. The van der Waals surface area contributed by atoms with Gasteiger partial charge in [0.1, 0.15) is 0 Å². The Kier molecular flexibility index (Phi) is 3.89. The molecule has 0 unspecified atom stereocenters. The van der Waals surface area contributed by atoms with Crippen LogP contribution < -0.4 is 5.32 Å². The molecule has 1 amide bonds. The Morgan fingerprint density at radius 3 is 2.55 bits per heavy atom. The smallest absolute Gasteiger partial charge is 0.225 e. The number of nitrogens with one attached hydrogen (secondary N) is 1. The molecule has 0 aliphatic rings. The molecule has 20 heavy (non-hydrogen) atoms. The third-order valence-electron chi connectivity index (χ3n) is 3.87. The van der Waals surface area contributed by atoms with Crippen molar-refractivity contribution in [2.45, 2.75) is 34.1 Å². The van der Waals surface area contributed by atoms with Crippen LogP contribution in [0.1, 0.15) is 32.0 Å². The summed E-state index contributed by atoms with van der Waals surface area (Å²) in [7, 11) is 2.09. The van der Waals surface area contributed by atoms with Crippen LogP contribution in [0.2, 0.25) is 0 Å². The van der Waals surface area contributed by atoms with Crippen LogP contribution in [0.15, 0.2) is 24.3 Å². The van der Waals surface area contributed by atoms with Gasteiger partial charge in [-0.3, -0.25) is 4.79 Å². The lowest BCUT2D eigenvalue weighted by Gasteiger charge is -2.17. The van der Waals surface area contributed by atoms with E-state index in [1.807, 2.05) is 20.8 Å². The number of fused-ring (bicyclic) bond motifs is 1. The van der Waals surface area contributed by atoms with Gasteiger partial charge in [0.2, 0.25) is 5.91 Å². The first-order valence-electron chi connectivity index (χ1n) is 7.13. The van der Waals surface area contributed by atoms with Gasteiger partial charge in [0.25, 0.3) is 0 Å². The van der Waals surface area contributed by atoms with E-state index in [9.17, 15) is 4.79 Å². The zero-order valence-corrected chi connectivity index (χ0v) is 13.1. The Hall–Kier alpha value is -1.77. The lowest BCUT2D eigenvalue weighted by atomic mass is 9.95. The molecule has 1 heterocycles. The van der Waals surface area contributed by atoms with Crippen molar-refractivity contribution in [3.63, 3.8) is 0 Å². The molecule has 108 valence electrons. The van der Waals surface area contributed by atoms with E-state index in [-0.39, 0.29) is 11.3 Å². The molecule has 0 spiro atoms. The summed E-state index contributed by atoms with van der Waals surface area (Å²) in [5, 5.41) is 4.31. The van der Waals surface area contributed by atoms with Gasteiger partial charge in [-0.1, -0.05) is 39.0 Å². The summed E-state index contributed by atoms with van der Waals surface area (Å²) < 4.78 is 2.22. The highest BCUT2D eigenvalue weighted by atomic mass is 16.2. The number of aryl methyl sites for hydroxylation is 1. The minimum atomic E-state index is -0.326. The predicted octanol–water partition coefficient (Wildman–Crippen LogP) is 3.19. The number of hydrogen-bond donors (Lipinski definition) is 1. The molecule has 1 aromatic carbocycles. The second-order valence-corrected chi connectivity index (χ2v) is 6.40. The SMILES string of the molecule is Cc1c(CCNC(=O)C(C)(C)C)c2ccccc2n1C. The van der Waals surface area contributed by atoms with E-state index in [1.54, 1.807) is 0 Å². The van der Waals surface area contributed by atoms with Crippen molar-refractivity contribution >= 4 is 16.8 Å². The van der Waals surface area contributed by atoms with Crippen molar-refractivity contribution in [2.24, 2.45) is 12.5 Å². The monoisotopic (exact) mass is 272 g/mol. The second-order valence-electron chi connectivity index (χ2n) is 6.40. The van der Waals surface area contributed by atoms with Gasteiger partial charge < -0.3 is 9.88 Å². The number of carbonyl (C=O) groups excluding carboxylic acids is 1. The van der Waals surface area contributed by atoms with Gasteiger partial charge in [-0.05, 0) is 25.0 Å². The van der Waals surface area contributed by atoms with Crippen LogP contribution in [0, 0.1) is 12.3 Å². The number of nitrogens with zero attached hydrogens (tertiary/aromatic N) is 1. The van der Waals surface area contributed by atoms with Gasteiger partial charge in [-0.15, -0.1) is 0 Å². The predicted molar refractivity (Wildman–Crippen MR) is 83.8 cm³/mol. The van der Waals surface area contributed by atoms with E-state index in [4.69, 9.17) is 0 Å². The first kappa shape index (κ1) is 14.6. The number of amides is 1. The lowest BCUT2D eigenvalue weighted by molar-refractivity contribution is -0.128. The maximum Gasteiger partial charge on any atom is 0.225 e. The first-order chi connectivity index (χ1) is 9.32. The topological polar surface area (TPSA) is 34.0 Å². The summed E-state index contributed by atoms with van der Waals surface area (Å²) in [5.74, 6) is 0.107. The quantitative estimate of drug-likeness (QED) is 0.914. The van der Waals surface area contributed by atoms with Gasteiger partial charge >= 0.3 is 0 Å². The van der Waals surface area contributed by atoms with E-state index < -0.39 is 0 Å². The number of hydrogen-bond acceptors (Lipinski definition) is 1. The maximum absolute atomic E-state index is 11.9. The number of para-hydroxylation sites is 1. The zero-order chi connectivity index (χ0) is 14.9. The standard InChI is InChI=1S/C17H24N2O/c1-12-13(10-11-18-16(20)17(2,3)4)14-8-6-7-9-15(14)19(12)5/h6-9H,10-11H2,1-5H3,(H,18,20). The minimum absolute atomic E-state index is 0.107. The van der Waals surface area contributed by atoms with Crippen molar-refractivity contribution in [2.75, 3.05) is 6.54 Å². The molecule has 0 saturated heterocycles. The summed E-state index contributed by atoms with van der Waals surface area (Å²) in [6.07, 6.45) is 0.870. The van der Waals surface area contributed by atoms with E-state index >= 15 is 0 Å². The number of aromatic nitrogens is 1. The third-order valence-corrected chi connectivity index (χ3v) is 3.87. The van der Waals surface area contributed by atoms with Crippen LogP contribution in [0.4, 0.5) is 0 Å². The third kappa shape index (κ3) is 2.72. The molecule has 1 aromatic heterocycles. The molecular formula is C17H24N2O. The van der Waals surface area contributed by atoms with Crippen molar-refractivity contribution < 1.29 is 4.79 Å². The van der Waals surface area contributed by atoms with Crippen molar-refractivity contribution in [1.82, 2.24) is 9.88 Å². The Morgan fingerprint density at radius 1 is 1.25 bits per heavy atom. The average molecular weight is 272 g/mol. The highest BCUT2D eigenvalue weighted by Gasteiger charge is 2.20. The molecule has 2 rings (SSSR count). The van der Waals surface area contributed by atoms with Gasteiger partial charge in [0.05, 0.1) is 0 Å². The van der Waals surface area contributed by atoms with Crippen LogP contribution in [-0.2, 0) is 18.3 Å². The molecule has 0 aliphatic carbocycles. The molecule has 0 aliphatic heterocycles. The molecule has 2 aromatic rings. The van der Waals surface area contributed by atoms with Crippen LogP contribution >= 0.6 is 0 Å². The van der Waals surface area contributed by atoms with Crippen molar-refractivity contribution in [3.05, 3.63) is 35.5 Å². The van der Waals surface area contributed by atoms with Crippen LogP contribution in [0.3, 0.4) is 0 Å². The lowest BCUT2D eigenvalue weighted by Crippen LogP contribution is -2.35. The van der Waals surface area contributed by atoms with Crippen molar-refractivity contribution in [1.29, 1.82) is 0 Å². The fourth-order valence-corrected chi connectivity index (χ4v) is 2.48. The summed E-state index contributed by atoms with van der Waals surface area (Å²) in [6, 6.07) is 8.43. The highest BCUT2D eigenvalue weighted by Crippen LogP contribution is 2.25. The average Bonchev–Trinajstić information content (AvgIpc) is 2.63. The molecule has 0 saturated carbocycles. The van der Waals surface area contributed by atoms with E-state index in [2.05, 4.69) is 48.1 Å². The van der Waals surface area contributed by atoms with Gasteiger partial charge in [0, 0.05) is 35.6 Å². The fraction of sp³-hybridized carbons (Fsp3) is 0.471. The summed E-state index contributed by atoms with van der Waals surface area (Å²) in [5.41, 5.74) is 3.53. The Morgan fingerprint density at radius 2 is 1.90 bits per heavy atom. The second kappa shape index (κ2) is 5.31. The number of carbonyl (C=O) groups is 1. The summed E-state index contributed by atoms with van der Waals surface area (Å²) in [6.45, 7) is 8.63. The Bertz CT molecular complexity index is 632. The molecule has 0 fully saturated rings. The largest absolute Gasteiger partial charge is 0.355 e. The van der Waals surface area contributed by atoms with Crippen LogP contribution in [-0.4, -0.2) is 17.0 Å². The Labute approximate surface area is 121 Å². The van der Waals surface area contributed by atoms with Crippen LogP contribution in [0.5, 0.6) is 0 Å². The molecule has 3 heteroatoms. The van der Waals surface area contributed by atoms with Gasteiger partial charge in [-0.25, -0.2) is 0 Å². The van der Waals surface area contributed by atoms with Crippen LogP contribution in [0.25, 0.3) is 10.9 Å². The molecule has 0 radical (unpaired) electrons. The maximum atomic E-state index is 11.9. The molecule has 0 atom stereocenters. The Balaban J connectivity index is 2.15. The number of rotatable bonds is 3. The van der Waals surface area contributed by atoms with Crippen molar-refractivity contribution in [3.8, 4) is 0 Å². The first-order valence-corrected chi connectivity index (χ1v) is 7.13.